The first-order chi connectivity index (χ1) is 29.0. The molecule has 1 aromatic carbocycles. The third kappa shape index (κ3) is 13.2. The number of carbonyl (C=O) groups excluding carboxylic acids is 2. The second-order valence-corrected chi connectivity index (χ2v) is 18.0. The number of benzene rings is 1. The molecule has 0 saturated carbocycles. The van der Waals surface area contributed by atoms with Gasteiger partial charge in [-0.05, 0) is 95.8 Å². The third-order valence-electron chi connectivity index (χ3n) is 11.9. The first-order valence-electron chi connectivity index (χ1n) is 21.2. The predicted molar refractivity (Wildman–Crippen MR) is 227 cm³/mol. The predicted octanol–water partition coefficient (Wildman–Crippen LogP) is 3.16. The average molecular weight is 875 g/mol. The first kappa shape index (κ1) is 49.0. The molecule has 0 radical (unpaired) electrons. The Kier molecular flexibility index (Phi) is 18.1. The molecule has 5 rings (SSSR count). The van der Waals surface area contributed by atoms with Crippen LogP contribution in [0.5, 0.6) is 0 Å². The van der Waals surface area contributed by atoms with E-state index in [1.165, 1.54) is 31.6 Å². The van der Waals surface area contributed by atoms with E-state index in [-0.39, 0.29) is 12.2 Å². The average Bonchev–Trinajstić information content (AvgIpc) is 3.74. The van der Waals surface area contributed by atoms with Crippen molar-refractivity contribution in [3.8, 4) is 10.4 Å². The maximum Gasteiger partial charge on any atom is 0.308 e. The van der Waals surface area contributed by atoms with Crippen LogP contribution in [0.1, 0.15) is 72.3 Å². The van der Waals surface area contributed by atoms with E-state index < -0.39 is 103 Å². The van der Waals surface area contributed by atoms with Crippen LogP contribution in [0.4, 0.5) is 0 Å². The molecule has 5 N–H and O–H groups in total. The number of ether oxygens (including phenoxy) is 6. The maximum atomic E-state index is 13.5. The zero-order valence-corrected chi connectivity index (χ0v) is 37.4. The molecule has 0 aliphatic carbocycles. The molecule has 0 amide bonds. The van der Waals surface area contributed by atoms with E-state index in [0.29, 0.717) is 32.4 Å². The van der Waals surface area contributed by atoms with Gasteiger partial charge < -0.3 is 59.1 Å². The topological polar surface area (TPSA) is 211 Å². The standard InChI is InChI=1S/C44H66N4O12S/c1-25-20-31(18-19-45-23-29-14-16-30(17-15-29)34-24-46-47-61-34)40(41(55-8)33(50)21-35(51)56-26(2)12-10-9-11-13-32(25)49)60-43-38(52)37(48(6)7)39(27(3)58-43)59-36-22-44(5,54)42(53)28(4)57-36/h9-11,13-17,24-28,31,33,36-43,45,50,52-54H,12,18-23H2,1-8H3/b10-9+,13-11-/t25-,26-,27-,28+,31+,33-,36+,37-,38-,39-,40+,41+,42+,43+,44-/m1/s1. The van der Waals surface area contributed by atoms with Crippen LogP contribution in [-0.2, 0) is 44.6 Å². The molecule has 16 nitrogen and oxygen atoms in total. The Labute approximate surface area is 363 Å². The van der Waals surface area contributed by atoms with Crippen molar-refractivity contribution in [3.05, 3.63) is 60.3 Å². The van der Waals surface area contributed by atoms with Crippen LogP contribution in [0, 0.1) is 11.8 Å². The Morgan fingerprint density at radius 1 is 0.984 bits per heavy atom. The number of cyclic esters (lactones) is 1. The zero-order chi connectivity index (χ0) is 44.4. The number of nitrogens with one attached hydrogen (secondary N) is 1. The van der Waals surface area contributed by atoms with Crippen molar-refractivity contribution < 1.29 is 58.4 Å². The summed E-state index contributed by atoms with van der Waals surface area (Å²) in [5, 5.41) is 52.7. The Morgan fingerprint density at radius 3 is 2.38 bits per heavy atom. The van der Waals surface area contributed by atoms with E-state index in [4.69, 9.17) is 28.4 Å². The Bertz CT molecular complexity index is 1730. The minimum absolute atomic E-state index is 0.0113. The fourth-order valence-corrected chi connectivity index (χ4v) is 8.99. The summed E-state index contributed by atoms with van der Waals surface area (Å²) >= 11 is 1.33. The van der Waals surface area contributed by atoms with Crippen molar-refractivity contribution in [2.45, 2.75) is 152 Å². The van der Waals surface area contributed by atoms with Crippen molar-refractivity contribution >= 4 is 23.3 Å². The Hall–Kier alpha value is -3.04. The van der Waals surface area contributed by atoms with Crippen LogP contribution in [0.25, 0.3) is 10.4 Å². The summed E-state index contributed by atoms with van der Waals surface area (Å²) in [6.07, 6.45) is -1.50. The lowest BCUT2D eigenvalue weighted by atomic mass is 9.82. The second kappa shape index (κ2) is 22.5. The number of nitrogens with zero attached hydrogens (tertiary/aromatic N) is 3. The van der Waals surface area contributed by atoms with E-state index >= 15 is 0 Å². The normalized spacial score (nSPS) is 38.2. The van der Waals surface area contributed by atoms with E-state index in [9.17, 15) is 30.0 Å². The van der Waals surface area contributed by atoms with Gasteiger partial charge in [0, 0.05) is 32.4 Å². The number of esters is 1. The van der Waals surface area contributed by atoms with Gasteiger partial charge in [-0.3, -0.25) is 9.59 Å². The Balaban J connectivity index is 1.42. The molecule has 0 bridgehead atoms. The van der Waals surface area contributed by atoms with Crippen LogP contribution in [0.15, 0.2) is 54.8 Å². The van der Waals surface area contributed by atoms with Gasteiger partial charge in [-0.15, -0.1) is 5.10 Å². The van der Waals surface area contributed by atoms with Gasteiger partial charge in [0.2, 0.25) is 0 Å². The molecule has 2 aromatic rings. The Morgan fingerprint density at radius 2 is 1.72 bits per heavy atom. The number of hydrogen-bond donors (Lipinski definition) is 5. The minimum Gasteiger partial charge on any atom is -0.462 e. The van der Waals surface area contributed by atoms with Gasteiger partial charge in [-0.2, -0.15) is 0 Å². The lowest BCUT2D eigenvalue weighted by Crippen LogP contribution is -2.65. The van der Waals surface area contributed by atoms with Gasteiger partial charge in [0.25, 0.3) is 0 Å². The third-order valence-corrected chi connectivity index (χ3v) is 12.6. The summed E-state index contributed by atoms with van der Waals surface area (Å²) in [6.45, 7) is 9.59. The molecule has 2 fully saturated rings. The number of rotatable bonds is 12. The lowest BCUT2D eigenvalue weighted by Gasteiger charge is -2.50. The molecule has 340 valence electrons. The number of likely N-dealkylation sites (N-methyl/N-ethyl adjacent to an activating group) is 1. The SMILES string of the molecule is CO[C@@H]1[C@@H](O[C@@H]2O[C@H](C)[C@@H](O[C@H]3C[C@@](C)(O)[C@@H](O)[C@H](C)O3)[C@H](N(C)C)[C@H]2O)[C@@H](CCNCc2ccc(-c3cnns3)cc2)C[C@@H](C)C(=O)/C=C\C=C\C[C@@H](C)OC(=O)C[C@H]1O. The highest BCUT2D eigenvalue weighted by atomic mass is 32.1. The van der Waals surface area contributed by atoms with Crippen LogP contribution >= 0.6 is 11.5 Å². The largest absolute Gasteiger partial charge is 0.462 e. The second-order valence-electron chi connectivity index (χ2n) is 17.2. The number of allylic oxidation sites excluding steroid dienone is 3. The van der Waals surface area contributed by atoms with Gasteiger partial charge in [-0.1, -0.05) is 53.9 Å². The summed E-state index contributed by atoms with van der Waals surface area (Å²) in [5.74, 6) is -1.66. The van der Waals surface area contributed by atoms with Gasteiger partial charge in [-0.25, -0.2) is 0 Å². The van der Waals surface area contributed by atoms with Crippen molar-refractivity contribution in [3.63, 3.8) is 0 Å². The highest BCUT2D eigenvalue weighted by Crippen LogP contribution is 2.36. The quantitative estimate of drug-likeness (QED) is 0.153. The first-order valence-corrected chi connectivity index (χ1v) is 22.0. The molecule has 3 aliphatic heterocycles. The molecule has 4 heterocycles. The number of aliphatic hydroxyl groups is 4. The summed E-state index contributed by atoms with van der Waals surface area (Å²) in [5.41, 5.74) is 0.610. The monoisotopic (exact) mass is 874 g/mol. The fraction of sp³-hybridized carbons (Fsp3) is 0.682. The van der Waals surface area contributed by atoms with Crippen molar-refractivity contribution in [1.29, 1.82) is 0 Å². The van der Waals surface area contributed by atoms with Crippen LogP contribution in [-0.4, -0.2) is 154 Å². The van der Waals surface area contributed by atoms with Gasteiger partial charge in [0.1, 0.15) is 30.5 Å². The molecule has 15 atom stereocenters. The highest BCUT2D eigenvalue weighted by Gasteiger charge is 2.51. The van der Waals surface area contributed by atoms with E-state index in [0.717, 1.165) is 16.0 Å². The van der Waals surface area contributed by atoms with Crippen LogP contribution in [0.3, 0.4) is 0 Å². The molecule has 0 spiro atoms. The number of methoxy groups -OCH3 is 1. The molecular weight excluding hydrogens is 809 g/mol. The van der Waals surface area contributed by atoms with E-state index in [2.05, 4.69) is 14.9 Å². The molecule has 17 heteroatoms. The van der Waals surface area contributed by atoms with E-state index in [1.807, 2.05) is 37.3 Å². The summed E-state index contributed by atoms with van der Waals surface area (Å²) < 4.78 is 41.1. The summed E-state index contributed by atoms with van der Waals surface area (Å²) in [7, 11) is 5.00. The van der Waals surface area contributed by atoms with E-state index in [1.54, 1.807) is 58.1 Å². The number of hydrogen-bond acceptors (Lipinski definition) is 17. The zero-order valence-electron chi connectivity index (χ0n) is 36.5. The smallest absolute Gasteiger partial charge is 0.308 e. The van der Waals surface area contributed by atoms with Crippen LogP contribution in [0.2, 0.25) is 0 Å². The maximum absolute atomic E-state index is 13.5. The lowest BCUT2D eigenvalue weighted by molar-refractivity contribution is -0.344. The molecule has 1 aromatic heterocycles. The van der Waals surface area contributed by atoms with Gasteiger partial charge in [0.15, 0.2) is 18.4 Å². The molecule has 3 aliphatic rings. The van der Waals surface area contributed by atoms with Crippen molar-refractivity contribution in [2.24, 2.45) is 11.8 Å². The summed E-state index contributed by atoms with van der Waals surface area (Å²) in [4.78, 5) is 29.5. The molecule has 2 saturated heterocycles. The number of aliphatic hydroxyl groups excluding tert-OH is 3. The number of carbonyl (C=O) groups is 2. The summed E-state index contributed by atoms with van der Waals surface area (Å²) in [6, 6.07) is 7.40. The highest BCUT2D eigenvalue weighted by molar-refractivity contribution is 7.09. The molecule has 0 unspecified atom stereocenters. The van der Waals surface area contributed by atoms with Crippen molar-refractivity contribution in [1.82, 2.24) is 19.8 Å². The van der Waals surface area contributed by atoms with Crippen molar-refractivity contribution in [2.75, 3.05) is 27.7 Å². The fourth-order valence-electron chi connectivity index (χ4n) is 8.47. The van der Waals surface area contributed by atoms with Gasteiger partial charge >= 0.3 is 5.97 Å². The molecular formula is C44H66N4O12S. The number of ketones is 1. The minimum atomic E-state index is -1.47. The molecule has 61 heavy (non-hydrogen) atoms. The number of aromatic nitrogens is 2. The van der Waals surface area contributed by atoms with Crippen LogP contribution < -0.4 is 5.32 Å². The van der Waals surface area contributed by atoms with Gasteiger partial charge in [0.05, 0.1) is 53.6 Å².